The number of hydrogen-bond donors (Lipinski definition) is 1. The van der Waals surface area contributed by atoms with Crippen molar-refractivity contribution in [1.29, 1.82) is 0 Å². The van der Waals surface area contributed by atoms with Crippen molar-refractivity contribution < 1.29 is 18.4 Å². The van der Waals surface area contributed by atoms with Crippen LogP contribution >= 0.6 is 11.3 Å². The fraction of sp³-hybridized carbons (Fsp3) is 0.286. The quantitative estimate of drug-likeness (QED) is 0.675. The number of benzene rings is 1. The highest BCUT2D eigenvalue weighted by Crippen LogP contribution is 2.32. The van der Waals surface area contributed by atoms with Crippen molar-refractivity contribution in [2.45, 2.75) is 32.2 Å². The van der Waals surface area contributed by atoms with E-state index in [2.05, 4.69) is 10.3 Å². The molecule has 29 heavy (non-hydrogen) atoms. The zero-order valence-corrected chi connectivity index (χ0v) is 16.7. The van der Waals surface area contributed by atoms with Crippen molar-refractivity contribution in [2.24, 2.45) is 0 Å². The summed E-state index contributed by atoms with van der Waals surface area (Å²) in [5.74, 6) is -0.0623. The summed E-state index contributed by atoms with van der Waals surface area (Å²) in [6, 6.07) is 7.89. The molecular formula is C21H20FN3O3S. The number of rotatable bonds is 5. The highest BCUT2D eigenvalue weighted by molar-refractivity contribution is 7.14. The fourth-order valence-electron chi connectivity index (χ4n) is 3.58. The number of carbonyl (C=O) groups is 2. The molecule has 8 heteroatoms. The summed E-state index contributed by atoms with van der Waals surface area (Å²) in [5.41, 5.74) is 2.01. The number of halogens is 1. The number of likely N-dealkylation sites (tertiary alicyclic amines) is 1. The van der Waals surface area contributed by atoms with E-state index in [1.807, 2.05) is 4.90 Å². The zero-order valence-electron chi connectivity index (χ0n) is 15.9. The van der Waals surface area contributed by atoms with E-state index in [1.165, 1.54) is 29.7 Å². The van der Waals surface area contributed by atoms with Gasteiger partial charge in [-0.15, -0.1) is 11.3 Å². The number of furan rings is 1. The molecule has 0 saturated carbocycles. The Kier molecular flexibility index (Phi) is 5.44. The lowest BCUT2D eigenvalue weighted by atomic mass is 10.0. The van der Waals surface area contributed by atoms with Crippen LogP contribution in [0.3, 0.4) is 0 Å². The Balaban J connectivity index is 1.40. The Morgan fingerprint density at radius 3 is 2.83 bits per heavy atom. The molecule has 1 unspecified atom stereocenters. The summed E-state index contributed by atoms with van der Waals surface area (Å²) in [4.78, 5) is 31.3. The molecule has 1 aliphatic rings. The van der Waals surface area contributed by atoms with Crippen LogP contribution in [0, 0.1) is 12.7 Å². The number of hydrogen-bond acceptors (Lipinski definition) is 5. The smallest absolute Gasteiger partial charge is 0.260 e. The molecule has 3 heterocycles. The minimum absolute atomic E-state index is 0.0225. The van der Waals surface area contributed by atoms with Crippen LogP contribution < -0.4 is 5.32 Å². The van der Waals surface area contributed by atoms with E-state index < -0.39 is 0 Å². The van der Waals surface area contributed by atoms with Crippen LogP contribution in [-0.2, 0) is 11.2 Å². The first-order valence-corrected chi connectivity index (χ1v) is 10.2. The second kappa shape index (κ2) is 8.16. The van der Waals surface area contributed by atoms with Crippen LogP contribution in [0.1, 0.15) is 46.3 Å². The first kappa shape index (κ1) is 19.3. The van der Waals surface area contributed by atoms with Gasteiger partial charge in [0.05, 0.1) is 30.0 Å². The highest BCUT2D eigenvalue weighted by Gasteiger charge is 2.30. The number of amides is 2. The van der Waals surface area contributed by atoms with Crippen LogP contribution in [0.2, 0.25) is 0 Å². The zero-order chi connectivity index (χ0) is 20.4. The standard InChI is InChI=1S/C21H20FN3O3S/c1-13-17(8-10-28-13)20(27)24-21-23-16(12-29-21)11-19(26)25-9-2-3-18(25)14-4-6-15(22)7-5-14/h4-8,10,12,18H,2-3,9,11H2,1H3,(H,23,24,27). The van der Waals surface area contributed by atoms with Crippen LogP contribution in [0.5, 0.6) is 0 Å². The molecule has 2 aromatic heterocycles. The fourth-order valence-corrected chi connectivity index (χ4v) is 4.29. The van der Waals surface area contributed by atoms with Gasteiger partial charge in [-0.25, -0.2) is 9.37 Å². The molecule has 1 N–H and O–H groups in total. The largest absolute Gasteiger partial charge is 0.469 e. The van der Waals surface area contributed by atoms with Crippen molar-refractivity contribution >= 4 is 28.3 Å². The summed E-state index contributed by atoms with van der Waals surface area (Å²) < 4.78 is 18.3. The van der Waals surface area contributed by atoms with Gasteiger partial charge in [0.2, 0.25) is 5.91 Å². The van der Waals surface area contributed by atoms with Gasteiger partial charge in [0.25, 0.3) is 5.91 Å². The van der Waals surface area contributed by atoms with E-state index in [1.54, 1.807) is 30.5 Å². The molecule has 4 rings (SSSR count). The van der Waals surface area contributed by atoms with Gasteiger partial charge in [-0.3, -0.25) is 14.9 Å². The molecule has 0 aliphatic carbocycles. The third-order valence-electron chi connectivity index (χ3n) is 5.04. The molecule has 1 saturated heterocycles. The van der Waals surface area contributed by atoms with Crippen molar-refractivity contribution in [3.8, 4) is 0 Å². The van der Waals surface area contributed by atoms with Crippen LogP contribution in [-0.4, -0.2) is 28.2 Å². The lowest BCUT2D eigenvalue weighted by Gasteiger charge is -2.25. The van der Waals surface area contributed by atoms with Gasteiger partial charge in [-0.2, -0.15) is 0 Å². The van der Waals surface area contributed by atoms with E-state index in [-0.39, 0.29) is 30.1 Å². The van der Waals surface area contributed by atoms with Crippen molar-refractivity contribution in [2.75, 3.05) is 11.9 Å². The molecule has 1 aliphatic heterocycles. The lowest BCUT2D eigenvalue weighted by molar-refractivity contribution is -0.131. The van der Waals surface area contributed by atoms with Crippen LogP contribution in [0.4, 0.5) is 9.52 Å². The summed E-state index contributed by atoms with van der Waals surface area (Å²) in [7, 11) is 0. The van der Waals surface area contributed by atoms with Gasteiger partial charge >= 0.3 is 0 Å². The van der Waals surface area contributed by atoms with E-state index in [0.717, 1.165) is 18.4 Å². The first-order chi connectivity index (χ1) is 14.0. The monoisotopic (exact) mass is 413 g/mol. The van der Waals surface area contributed by atoms with Gasteiger partial charge in [0.15, 0.2) is 5.13 Å². The number of nitrogens with one attached hydrogen (secondary N) is 1. The lowest BCUT2D eigenvalue weighted by Crippen LogP contribution is -2.31. The molecule has 1 atom stereocenters. The maximum Gasteiger partial charge on any atom is 0.260 e. The number of carbonyl (C=O) groups excluding carboxylic acids is 2. The Hall–Kier alpha value is -3.00. The van der Waals surface area contributed by atoms with Crippen LogP contribution in [0.15, 0.2) is 46.4 Å². The van der Waals surface area contributed by atoms with E-state index in [0.29, 0.717) is 28.7 Å². The Bertz CT molecular complexity index is 1030. The third-order valence-corrected chi connectivity index (χ3v) is 5.84. The Morgan fingerprint density at radius 1 is 1.31 bits per heavy atom. The van der Waals surface area contributed by atoms with Crippen LogP contribution in [0.25, 0.3) is 0 Å². The molecule has 2 amide bonds. The summed E-state index contributed by atoms with van der Waals surface area (Å²) in [6.45, 7) is 2.39. The van der Waals surface area contributed by atoms with Crippen molar-refractivity contribution in [3.63, 3.8) is 0 Å². The van der Waals surface area contributed by atoms with Gasteiger partial charge in [-0.1, -0.05) is 12.1 Å². The third kappa shape index (κ3) is 4.22. The minimum atomic E-state index is -0.292. The molecule has 150 valence electrons. The predicted octanol–water partition coefficient (Wildman–Crippen LogP) is 4.34. The summed E-state index contributed by atoms with van der Waals surface area (Å²) in [6.07, 6.45) is 3.40. The van der Waals surface area contributed by atoms with Gasteiger partial charge in [0.1, 0.15) is 11.6 Å². The minimum Gasteiger partial charge on any atom is -0.469 e. The molecule has 0 spiro atoms. The average molecular weight is 413 g/mol. The SMILES string of the molecule is Cc1occc1C(=O)Nc1nc(CC(=O)N2CCCC2c2ccc(F)cc2)cs1. The second-order valence-corrected chi connectivity index (χ2v) is 7.82. The van der Waals surface area contributed by atoms with Gasteiger partial charge in [0, 0.05) is 11.9 Å². The van der Waals surface area contributed by atoms with E-state index >= 15 is 0 Å². The number of aryl methyl sites for hydroxylation is 1. The van der Waals surface area contributed by atoms with E-state index in [9.17, 15) is 14.0 Å². The highest BCUT2D eigenvalue weighted by atomic mass is 32.1. The van der Waals surface area contributed by atoms with Crippen molar-refractivity contribution in [3.05, 3.63) is 70.4 Å². The average Bonchev–Trinajstić information content (AvgIpc) is 3.43. The summed E-state index contributed by atoms with van der Waals surface area (Å²) >= 11 is 1.28. The Labute approximate surface area is 171 Å². The summed E-state index contributed by atoms with van der Waals surface area (Å²) in [5, 5.41) is 4.95. The second-order valence-electron chi connectivity index (χ2n) is 6.96. The maximum atomic E-state index is 13.2. The number of anilines is 1. The molecule has 1 aromatic carbocycles. The number of nitrogens with zero attached hydrogens (tertiary/aromatic N) is 2. The van der Waals surface area contributed by atoms with E-state index in [4.69, 9.17) is 4.42 Å². The molecule has 0 radical (unpaired) electrons. The molecule has 1 fully saturated rings. The van der Waals surface area contributed by atoms with Gasteiger partial charge < -0.3 is 9.32 Å². The normalized spacial score (nSPS) is 16.2. The number of aromatic nitrogens is 1. The molecule has 6 nitrogen and oxygen atoms in total. The topological polar surface area (TPSA) is 75.4 Å². The maximum absolute atomic E-state index is 13.2. The Morgan fingerprint density at radius 2 is 2.10 bits per heavy atom. The molecule has 0 bridgehead atoms. The predicted molar refractivity (Wildman–Crippen MR) is 107 cm³/mol. The van der Waals surface area contributed by atoms with Crippen molar-refractivity contribution in [1.82, 2.24) is 9.88 Å². The first-order valence-electron chi connectivity index (χ1n) is 9.36. The molecule has 3 aromatic rings. The molecular weight excluding hydrogens is 393 g/mol. The number of thiazole rings is 1. The van der Waals surface area contributed by atoms with Gasteiger partial charge in [-0.05, 0) is 43.5 Å².